The molecule has 0 aliphatic carbocycles. The normalized spacial score (nSPS) is 18.8. The fourth-order valence-corrected chi connectivity index (χ4v) is 4.92. The number of allylic oxidation sites excluding steroid dienone is 1. The van der Waals surface area contributed by atoms with E-state index in [1.54, 1.807) is 7.11 Å². The lowest BCUT2D eigenvalue weighted by Gasteiger charge is -2.34. The van der Waals surface area contributed by atoms with Crippen LogP contribution in [0.2, 0.25) is 0 Å². The molecule has 172 valence electrons. The van der Waals surface area contributed by atoms with Crippen LogP contribution in [0.3, 0.4) is 0 Å². The molecule has 1 aromatic carbocycles. The van der Waals surface area contributed by atoms with E-state index in [1.165, 1.54) is 16.5 Å². The quantitative estimate of drug-likeness (QED) is 0.584. The smallest absolute Gasteiger partial charge is 0.146 e. The Kier molecular flexibility index (Phi) is 5.96. The Labute approximate surface area is 195 Å². The van der Waals surface area contributed by atoms with Crippen LogP contribution >= 0.6 is 0 Å². The second kappa shape index (κ2) is 9.04. The highest BCUT2D eigenvalue weighted by molar-refractivity contribution is 6.14. The van der Waals surface area contributed by atoms with Gasteiger partial charge in [0.1, 0.15) is 11.5 Å². The first-order valence-corrected chi connectivity index (χ1v) is 11.8. The summed E-state index contributed by atoms with van der Waals surface area (Å²) in [5.41, 5.74) is 8.75. The van der Waals surface area contributed by atoms with Gasteiger partial charge in [-0.15, -0.1) is 0 Å². The van der Waals surface area contributed by atoms with Gasteiger partial charge in [0.15, 0.2) is 0 Å². The number of para-hydroxylation sites is 1. The molecule has 0 amide bonds. The van der Waals surface area contributed by atoms with Gasteiger partial charge < -0.3 is 19.6 Å². The van der Waals surface area contributed by atoms with Crippen LogP contribution < -0.4 is 0 Å². The molecule has 5 rings (SSSR count). The van der Waals surface area contributed by atoms with Gasteiger partial charge in [-0.1, -0.05) is 25.1 Å². The Morgan fingerprint density at radius 1 is 1.06 bits per heavy atom. The van der Waals surface area contributed by atoms with Crippen molar-refractivity contribution in [1.82, 2.24) is 19.8 Å². The average molecular weight is 444 g/mol. The number of benzene rings is 1. The molecule has 0 unspecified atom stereocenters. The molecule has 2 aliphatic rings. The first kappa shape index (κ1) is 21.7. The standard InChI is InChI=1S/C27H33N5O/c1-5-31-10-12-32(13-11-31)17-21-20-8-6-7-9-22(20)30-27(21)25-16-26(33-4)24(29-25)15-23-18(2)14-19(3)28-23/h6-9,14-16,28,30H,5,10-13,17H2,1-4H3/b24-15-. The summed E-state index contributed by atoms with van der Waals surface area (Å²) in [7, 11) is 1.71. The second-order valence-electron chi connectivity index (χ2n) is 9.02. The van der Waals surface area contributed by atoms with Crippen LogP contribution in [0.15, 0.2) is 52.9 Å². The molecule has 0 radical (unpaired) electrons. The number of hydrogen-bond donors (Lipinski definition) is 2. The number of rotatable bonds is 6. The van der Waals surface area contributed by atoms with E-state index in [2.05, 4.69) is 83.0 Å². The highest BCUT2D eigenvalue weighted by Gasteiger charge is 2.24. The van der Waals surface area contributed by atoms with Gasteiger partial charge in [0, 0.05) is 66.7 Å². The summed E-state index contributed by atoms with van der Waals surface area (Å²) in [6.07, 6.45) is 4.14. The van der Waals surface area contributed by atoms with Gasteiger partial charge in [0.2, 0.25) is 0 Å². The van der Waals surface area contributed by atoms with Crippen molar-refractivity contribution in [3.05, 3.63) is 76.1 Å². The monoisotopic (exact) mass is 443 g/mol. The highest BCUT2D eigenvalue weighted by Crippen LogP contribution is 2.30. The molecule has 6 nitrogen and oxygen atoms in total. The third-order valence-corrected chi connectivity index (χ3v) is 6.82. The minimum absolute atomic E-state index is 0.790. The van der Waals surface area contributed by atoms with Gasteiger partial charge in [-0.05, 0) is 44.2 Å². The van der Waals surface area contributed by atoms with Gasteiger partial charge in [-0.25, -0.2) is 4.99 Å². The molecule has 0 saturated carbocycles. The van der Waals surface area contributed by atoms with E-state index in [4.69, 9.17) is 9.73 Å². The zero-order chi connectivity index (χ0) is 22.9. The summed E-state index contributed by atoms with van der Waals surface area (Å²) in [6.45, 7) is 12.9. The van der Waals surface area contributed by atoms with Gasteiger partial charge in [-0.2, -0.15) is 0 Å². The first-order valence-electron chi connectivity index (χ1n) is 11.8. The molecule has 1 fully saturated rings. The van der Waals surface area contributed by atoms with Gasteiger partial charge in [0.05, 0.1) is 18.5 Å². The van der Waals surface area contributed by atoms with Crippen molar-refractivity contribution in [2.75, 3.05) is 39.8 Å². The molecular weight excluding hydrogens is 410 g/mol. The van der Waals surface area contributed by atoms with E-state index >= 15 is 0 Å². The van der Waals surface area contributed by atoms with Gasteiger partial charge in [-0.3, -0.25) is 4.90 Å². The van der Waals surface area contributed by atoms with Crippen molar-refractivity contribution in [3.63, 3.8) is 0 Å². The zero-order valence-electron chi connectivity index (χ0n) is 20.0. The highest BCUT2D eigenvalue weighted by atomic mass is 16.5. The Balaban J connectivity index is 1.52. The zero-order valence-corrected chi connectivity index (χ0v) is 20.0. The second-order valence-corrected chi connectivity index (χ2v) is 9.02. The number of likely N-dealkylation sites (N-methyl/N-ethyl adjacent to an activating group) is 1. The molecule has 2 aromatic heterocycles. The summed E-state index contributed by atoms with van der Waals surface area (Å²) in [5.74, 6) is 0.790. The van der Waals surface area contributed by atoms with Crippen molar-refractivity contribution in [2.24, 2.45) is 4.99 Å². The fraction of sp³-hybridized carbons (Fsp3) is 0.370. The van der Waals surface area contributed by atoms with E-state index in [0.717, 1.165) is 79.0 Å². The van der Waals surface area contributed by atoms with Crippen LogP contribution in [0, 0.1) is 13.8 Å². The predicted octanol–water partition coefficient (Wildman–Crippen LogP) is 4.62. The molecule has 33 heavy (non-hydrogen) atoms. The van der Waals surface area contributed by atoms with E-state index in [-0.39, 0.29) is 0 Å². The lowest BCUT2D eigenvalue weighted by molar-refractivity contribution is 0.132. The molecular formula is C27H33N5O. The van der Waals surface area contributed by atoms with E-state index in [9.17, 15) is 0 Å². The molecule has 0 bridgehead atoms. The number of methoxy groups -OCH3 is 1. The van der Waals surface area contributed by atoms with Crippen LogP contribution in [-0.2, 0) is 11.3 Å². The molecule has 3 aromatic rings. The number of hydrogen-bond acceptors (Lipinski definition) is 4. The number of aromatic nitrogens is 2. The van der Waals surface area contributed by atoms with Crippen LogP contribution in [0.5, 0.6) is 0 Å². The Hall–Kier alpha value is -3.09. The average Bonchev–Trinajstić information content (AvgIpc) is 3.49. The number of fused-ring (bicyclic) bond motifs is 1. The Bertz CT molecular complexity index is 1250. The Morgan fingerprint density at radius 2 is 1.82 bits per heavy atom. The van der Waals surface area contributed by atoms with Crippen molar-refractivity contribution >= 4 is 22.7 Å². The predicted molar refractivity (Wildman–Crippen MR) is 136 cm³/mol. The number of piperazine rings is 1. The molecule has 2 N–H and O–H groups in total. The fourth-order valence-electron chi connectivity index (χ4n) is 4.92. The first-order chi connectivity index (χ1) is 16.1. The molecule has 2 aliphatic heterocycles. The third kappa shape index (κ3) is 4.28. The summed E-state index contributed by atoms with van der Waals surface area (Å²) < 4.78 is 5.72. The lowest BCUT2D eigenvalue weighted by Crippen LogP contribution is -2.45. The molecule has 1 saturated heterocycles. The minimum Gasteiger partial charge on any atom is -0.494 e. The SMILES string of the molecule is CCN1CCN(Cc2c(C3=N/C(=C\c4[nH]c(C)cc4C)C(OC)=C3)[nH]c3ccccc23)CC1. The maximum Gasteiger partial charge on any atom is 0.146 e. The molecule has 6 heteroatoms. The summed E-state index contributed by atoms with van der Waals surface area (Å²) >= 11 is 0. The number of nitrogens with zero attached hydrogens (tertiary/aromatic N) is 3. The lowest BCUT2D eigenvalue weighted by atomic mass is 10.1. The van der Waals surface area contributed by atoms with Crippen molar-refractivity contribution in [1.29, 1.82) is 0 Å². The molecule has 0 atom stereocenters. The van der Waals surface area contributed by atoms with Gasteiger partial charge >= 0.3 is 0 Å². The number of aromatic amines is 2. The maximum atomic E-state index is 5.72. The number of ether oxygens (including phenoxy) is 1. The van der Waals surface area contributed by atoms with Gasteiger partial charge in [0.25, 0.3) is 0 Å². The van der Waals surface area contributed by atoms with E-state index in [1.807, 2.05) is 0 Å². The largest absolute Gasteiger partial charge is 0.494 e. The van der Waals surface area contributed by atoms with Crippen LogP contribution in [0.4, 0.5) is 0 Å². The van der Waals surface area contributed by atoms with Crippen LogP contribution in [-0.4, -0.2) is 65.3 Å². The maximum absolute atomic E-state index is 5.72. The summed E-state index contributed by atoms with van der Waals surface area (Å²) in [6, 6.07) is 10.7. The van der Waals surface area contributed by atoms with Crippen molar-refractivity contribution in [2.45, 2.75) is 27.3 Å². The van der Waals surface area contributed by atoms with Crippen LogP contribution in [0.25, 0.3) is 17.0 Å². The van der Waals surface area contributed by atoms with Crippen LogP contribution in [0.1, 0.15) is 35.1 Å². The topological polar surface area (TPSA) is 59.6 Å². The summed E-state index contributed by atoms with van der Waals surface area (Å²) in [4.78, 5) is 17.2. The Morgan fingerprint density at radius 3 is 2.52 bits per heavy atom. The van der Waals surface area contributed by atoms with E-state index < -0.39 is 0 Å². The number of aryl methyl sites for hydroxylation is 2. The number of H-pyrrole nitrogens is 2. The molecule has 0 spiro atoms. The third-order valence-electron chi connectivity index (χ3n) is 6.82. The van der Waals surface area contributed by atoms with Crippen molar-refractivity contribution < 1.29 is 4.74 Å². The number of nitrogens with one attached hydrogen (secondary N) is 2. The number of aliphatic imine (C=N–C) groups is 1. The van der Waals surface area contributed by atoms with E-state index in [0.29, 0.717) is 0 Å². The van der Waals surface area contributed by atoms with Crippen molar-refractivity contribution in [3.8, 4) is 0 Å². The summed E-state index contributed by atoms with van der Waals surface area (Å²) in [5, 5.41) is 1.27. The molecule has 4 heterocycles. The minimum atomic E-state index is 0.790.